The molecular formula is C10H7Br2N3O. The smallest absolute Gasteiger partial charge is 0.202 e. The first-order valence-corrected chi connectivity index (χ1v) is 5.90. The topological polar surface area (TPSA) is 93.0 Å². The van der Waals surface area contributed by atoms with Gasteiger partial charge in [0.15, 0.2) is 0 Å². The standard InChI is InChI=1S/C10H7Br2N3O/c11-3-1-6(14)8-7(9(3)15)5(13)2-4(12)10(8)16/h1-2,13H,14-15H2. The molecule has 0 unspecified atom stereocenters. The Morgan fingerprint density at radius 3 is 2.44 bits per heavy atom. The lowest BCUT2D eigenvalue weighted by atomic mass is 9.91. The van der Waals surface area contributed by atoms with Crippen molar-refractivity contribution in [2.75, 3.05) is 11.5 Å². The summed E-state index contributed by atoms with van der Waals surface area (Å²) in [6.45, 7) is 0. The number of Topliss-reactive ketones (excluding diaryl/α,β-unsaturated/α-hetero) is 1. The van der Waals surface area contributed by atoms with Gasteiger partial charge >= 0.3 is 0 Å². The number of nitrogens with one attached hydrogen (secondary N) is 1. The molecule has 0 saturated heterocycles. The summed E-state index contributed by atoms with van der Waals surface area (Å²) in [5.41, 5.74) is 13.1. The van der Waals surface area contributed by atoms with Crippen LogP contribution < -0.4 is 11.5 Å². The van der Waals surface area contributed by atoms with Gasteiger partial charge in [-0.2, -0.15) is 0 Å². The molecule has 0 radical (unpaired) electrons. The molecule has 0 amide bonds. The molecule has 0 atom stereocenters. The highest BCUT2D eigenvalue weighted by Gasteiger charge is 2.27. The van der Waals surface area contributed by atoms with E-state index in [0.29, 0.717) is 31.5 Å². The van der Waals surface area contributed by atoms with Crippen molar-refractivity contribution in [1.29, 1.82) is 5.41 Å². The lowest BCUT2D eigenvalue weighted by Gasteiger charge is -2.18. The largest absolute Gasteiger partial charge is 0.398 e. The van der Waals surface area contributed by atoms with E-state index in [0.717, 1.165) is 0 Å². The summed E-state index contributed by atoms with van der Waals surface area (Å²) < 4.78 is 0.908. The van der Waals surface area contributed by atoms with Crippen LogP contribution in [-0.4, -0.2) is 11.5 Å². The van der Waals surface area contributed by atoms with Gasteiger partial charge in [0.1, 0.15) is 0 Å². The van der Waals surface area contributed by atoms with E-state index < -0.39 is 0 Å². The summed E-state index contributed by atoms with van der Waals surface area (Å²) in [6.07, 6.45) is 1.42. The summed E-state index contributed by atoms with van der Waals surface area (Å²) in [6, 6.07) is 1.57. The number of hydrogen-bond acceptors (Lipinski definition) is 4. The average Bonchev–Trinajstić information content (AvgIpc) is 2.20. The second-order valence-corrected chi connectivity index (χ2v) is 5.06. The number of benzene rings is 1. The molecule has 16 heavy (non-hydrogen) atoms. The first-order chi connectivity index (χ1) is 7.43. The van der Waals surface area contributed by atoms with Gasteiger partial charge in [0, 0.05) is 15.7 Å². The van der Waals surface area contributed by atoms with Crippen molar-refractivity contribution in [2.45, 2.75) is 0 Å². The SMILES string of the molecule is N=C1C=C(Br)C(=O)c2c(N)cc(Br)c(N)c21. The van der Waals surface area contributed by atoms with E-state index >= 15 is 0 Å². The molecule has 1 aliphatic carbocycles. The van der Waals surface area contributed by atoms with E-state index in [9.17, 15) is 4.79 Å². The predicted octanol–water partition coefficient (Wildman–Crippen LogP) is 2.46. The van der Waals surface area contributed by atoms with Gasteiger partial charge in [-0.05, 0) is 44.0 Å². The Morgan fingerprint density at radius 1 is 1.19 bits per heavy atom. The molecule has 0 aliphatic heterocycles. The van der Waals surface area contributed by atoms with Gasteiger partial charge in [-0.1, -0.05) is 0 Å². The molecule has 0 fully saturated rings. The van der Waals surface area contributed by atoms with Crippen LogP contribution >= 0.6 is 31.9 Å². The normalized spacial score (nSPS) is 14.8. The molecule has 4 nitrogen and oxygen atoms in total. The third-order valence-electron chi connectivity index (χ3n) is 2.33. The van der Waals surface area contributed by atoms with E-state index in [1.54, 1.807) is 6.07 Å². The summed E-state index contributed by atoms with van der Waals surface area (Å²) in [5, 5.41) is 7.81. The second kappa shape index (κ2) is 3.71. The van der Waals surface area contributed by atoms with Gasteiger partial charge in [0.25, 0.3) is 0 Å². The predicted molar refractivity (Wildman–Crippen MR) is 71.1 cm³/mol. The number of fused-ring (bicyclic) bond motifs is 1. The van der Waals surface area contributed by atoms with Crippen molar-refractivity contribution >= 4 is 54.7 Å². The zero-order valence-electron chi connectivity index (χ0n) is 7.97. The Kier molecular flexibility index (Phi) is 2.63. The molecule has 0 aromatic heterocycles. The molecule has 1 aromatic carbocycles. The minimum atomic E-state index is -0.247. The fourth-order valence-electron chi connectivity index (χ4n) is 1.59. The van der Waals surface area contributed by atoms with Crippen molar-refractivity contribution in [3.8, 4) is 0 Å². The Bertz CT molecular complexity index is 564. The van der Waals surface area contributed by atoms with Gasteiger partial charge in [0.05, 0.1) is 21.4 Å². The molecule has 1 aliphatic rings. The zero-order chi connectivity index (χ0) is 12.0. The number of allylic oxidation sites excluding steroid dienone is 2. The van der Waals surface area contributed by atoms with Crippen LogP contribution in [0, 0.1) is 5.41 Å². The van der Waals surface area contributed by atoms with Gasteiger partial charge in [-0.15, -0.1) is 0 Å². The first-order valence-electron chi connectivity index (χ1n) is 4.31. The highest BCUT2D eigenvalue weighted by molar-refractivity contribution is 9.12. The Balaban J connectivity index is 2.87. The average molecular weight is 345 g/mol. The maximum absolute atomic E-state index is 11.9. The fraction of sp³-hybridized carbons (Fsp3) is 0. The second-order valence-electron chi connectivity index (χ2n) is 3.35. The van der Waals surface area contributed by atoms with Crippen LogP contribution in [0.5, 0.6) is 0 Å². The van der Waals surface area contributed by atoms with E-state index in [2.05, 4.69) is 31.9 Å². The van der Waals surface area contributed by atoms with Crippen molar-refractivity contribution in [3.05, 3.63) is 32.2 Å². The van der Waals surface area contributed by atoms with Crippen LogP contribution in [0.4, 0.5) is 11.4 Å². The number of halogens is 2. The van der Waals surface area contributed by atoms with Crippen LogP contribution in [0.2, 0.25) is 0 Å². The van der Waals surface area contributed by atoms with Gasteiger partial charge < -0.3 is 16.9 Å². The van der Waals surface area contributed by atoms with E-state index in [4.69, 9.17) is 16.9 Å². The third-order valence-corrected chi connectivity index (χ3v) is 3.58. The third kappa shape index (κ3) is 1.49. The van der Waals surface area contributed by atoms with Crippen LogP contribution in [0.1, 0.15) is 15.9 Å². The number of carbonyl (C=O) groups is 1. The number of carbonyl (C=O) groups excluding carboxylic acids is 1. The maximum atomic E-state index is 11.9. The molecule has 2 rings (SSSR count). The number of ketones is 1. The van der Waals surface area contributed by atoms with Crippen LogP contribution in [-0.2, 0) is 0 Å². The van der Waals surface area contributed by atoms with Crippen LogP contribution in [0.25, 0.3) is 0 Å². The van der Waals surface area contributed by atoms with E-state index in [1.165, 1.54) is 6.08 Å². The van der Waals surface area contributed by atoms with Gasteiger partial charge in [-0.3, -0.25) is 4.79 Å². The Hall–Kier alpha value is -1.14. The minimum Gasteiger partial charge on any atom is -0.398 e. The van der Waals surface area contributed by atoms with E-state index in [1.807, 2.05) is 0 Å². The van der Waals surface area contributed by atoms with Gasteiger partial charge in [0.2, 0.25) is 5.78 Å². The highest BCUT2D eigenvalue weighted by Crippen LogP contribution is 2.36. The van der Waals surface area contributed by atoms with E-state index in [-0.39, 0.29) is 11.5 Å². The monoisotopic (exact) mass is 343 g/mol. The summed E-state index contributed by atoms with van der Waals surface area (Å²) in [5.74, 6) is -0.247. The van der Waals surface area contributed by atoms with Crippen molar-refractivity contribution in [2.24, 2.45) is 0 Å². The van der Waals surface area contributed by atoms with Gasteiger partial charge in [-0.25, -0.2) is 0 Å². The zero-order valence-corrected chi connectivity index (χ0v) is 11.1. The summed E-state index contributed by atoms with van der Waals surface area (Å²) >= 11 is 6.35. The fourth-order valence-corrected chi connectivity index (χ4v) is 2.47. The minimum absolute atomic E-state index is 0.173. The van der Waals surface area contributed by atoms with Crippen LogP contribution in [0.15, 0.2) is 21.1 Å². The molecular weight excluding hydrogens is 338 g/mol. The summed E-state index contributed by atoms with van der Waals surface area (Å²) in [4.78, 5) is 11.9. The Morgan fingerprint density at radius 2 is 1.81 bits per heavy atom. The molecule has 82 valence electrons. The summed E-state index contributed by atoms with van der Waals surface area (Å²) in [7, 11) is 0. The molecule has 0 saturated carbocycles. The molecule has 0 bridgehead atoms. The molecule has 0 spiro atoms. The van der Waals surface area contributed by atoms with Crippen molar-refractivity contribution < 1.29 is 4.79 Å². The molecule has 0 heterocycles. The molecule has 1 aromatic rings. The van der Waals surface area contributed by atoms with Crippen LogP contribution in [0.3, 0.4) is 0 Å². The quantitative estimate of drug-likeness (QED) is 0.631. The number of nitrogens with two attached hydrogens (primary N) is 2. The van der Waals surface area contributed by atoms with Crippen molar-refractivity contribution in [1.82, 2.24) is 0 Å². The number of nitrogen functional groups attached to an aromatic ring is 2. The first kappa shape index (κ1) is 11.3. The molecule has 5 N–H and O–H groups in total. The lowest BCUT2D eigenvalue weighted by Crippen LogP contribution is -2.19. The number of anilines is 2. The number of hydrogen-bond donors (Lipinski definition) is 3. The van der Waals surface area contributed by atoms with Crippen molar-refractivity contribution in [3.63, 3.8) is 0 Å². The molecule has 6 heteroatoms. The number of rotatable bonds is 0. The lowest BCUT2D eigenvalue weighted by molar-refractivity contribution is 0.104. The highest BCUT2D eigenvalue weighted by atomic mass is 79.9. The Labute approximate surface area is 108 Å². The maximum Gasteiger partial charge on any atom is 0.202 e.